The zero-order chi connectivity index (χ0) is 51.5. The third-order valence-corrected chi connectivity index (χ3v) is 12.8. The lowest BCUT2D eigenvalue weighted by atomic mass is 10.0. The molecule has 0 rings (SSSR count). The van der Waals surface area contributed by atoms with Crippen molar-refractivity contribution < 1.29 is 37.3 Å². The molecule has 0 saturated carbocycles. The molecular formula is C60H106N2O7P+. The Morgan fingerprint density at radius 2 is 0.929 bits per heavy atom. The highest BCUT2D eigenvalue weighted by Gasteiger charge is 2.30. The minimum absolute atomic E-state index is 0.0237. The number of nitrogens with zero attached hydrogens (tertiary/aromatic N) is 1. The molecule has 0 aromatic rings. The highest BCUT2D eigenvalue weighted by molar-refractivity contribution is 7.47. The van der Waals surface area contributed by atoms with Crippen LogP contribution in [0.15, 0.2) is 97.2 Å². The molecule has 9 nitrogen and oxygen atoms in total. The third kappa shape index (κ3) is 49.9. The van der Waals surface area contributed by atoms with Crippen LogP contribution in [0.3, 0.4) is 0 Å². The first-order valence-electron chi connectivity index (χ1n) is 28.1. The summed E-state index contributed by atoms with van der Waals surface area (Å²) in [6, 6.07) is -0.885. The van der Waals surface area contributed by atoms with E-state index in [4.69, 9.17) is 13.8 Å². The van der Waals surface area contributed by atoms with E-state index in [1.165, 1.54) is 77.0 Å². The lowest BCUT2D eigenvalue weighted by molar-refractivity contribution is -0.870. The van der Waals surface area contributed by atoms with E-state index in [0.29, 0.717) is 17.4 Å². The molecule has 1 amide bonds. The van der Waals surface area contributed by atoms with Crippen molar-refractivity contribution in [3.05, 3.63) is 97.2 Å². The summed E-state index contributed by atoms with van der Waals surface area (Å²) in [6.45, 7) is 6.72. The summed E-state index contributed by atoms with van der Waals surface area (Å²) in [5.74, 6) is -0.589. The van der Waals surface area contributed by atoms with E-state index < -0.39 is 20.0 Å². The molecule has 10 heteroatoms. The Balaban J connectivity index is 5.50. The van der Waals surface area contributed by atoms with Crippen LogP contribution in [0.2, 0.25) is 0 Å². The second kappa shape index (κ2) is 49.5. The van der Waals surface area contributed by atoms with E-state index in [9.17, 15) is 19.0 Å². The highest BCUT2D eigenvalue weighted by atomic mass is 31.2. The summed E-state index contributed by atoms with van der Waals surface area (Å²) in [4.78, 5) is 37.5. The number of quaternary nitrogens is 1. The minimum atomic E-state index is -4.47. The second-order valence-corrected chi connectivity index (χ2v) is 21.1. The molecular weight excluding hydrogens is 892 g/mol. The number of unbranched alkanes of at least 4 members (excludes halogenated alkanes) is 19. The number of allylic oxidation sites excluding steroid dienone is 15. The molecule has 3 unspecified atom stereocenters. The van der Waals surface area contributed by atoms with Crippen molar-refractivity contribution in [2.45, 2.75) is 232 Å². The Hall–Kier alpha value is -3.07. The zero-order valence-electron chi connectivity index (χ0n) is 45.7. The molecule has 70 heavy (non-hydrogen) atoms. The summed E-state index contributed by atoms with van der Waals surface area (Å²) < 4.78 is 30.5. The molecule has 0 aliphatic carbocycles. The number of carbonyl (C=O) groups excluding carboxylic acids is 2. The van der Waals surface area contributed by atoms with Crippen LogP contribution in [0.25, 0.3) is 0 Å². The smallest absolute Gasteiger partial charge is 0.456 e. The first-order valence-corrected chi connectivity index (χ1v) is 29.6. The predicted molar refractivity (Wildman–Crippen MR) is 300 cm³/mol. The van der Waals surface area contributed by atoms with Gasteiger partial charge in [0.2, 0.25) is 5.91 Å². The van der Waals surface area contributed by atoms with Crippen molar-refractivity contribution in [1.82, 2.24) is 5.32 Å². The van der Waals surface area contributed by atoms with Crippen LogP contribution in [-0.2, 0) is 27.9 Å². The first-order chi connectivity index (χ1) is 33.9. The highest BCUT2D eigenvalue weighted by Crippen LogP contribution is 2.43. The van der Waals surface area contributed by atoms with Crippen LogP contribution in [0, 0.1) is 0 Å². The van der Waals surface area contributed by atoms with Gasteiger partial charge >= 0.3 is 13.8 Å². The van der Waals surface area contributed by atoms with Gasteiger partial charge in [-0.25, -0.2) is 4.57 Å². The number of rotatable bonds is 49. The number of ether oxygens (including phenoxy) is 1. The van der Waals surface area contributed by atoms with E-state index >= 15 is 0 Å². The van der Waals surface area contributed by atoms with Gasteiger partial charge in [-0.15, -0.1) is 0 Å². The molecule has 402 valence electrons. The maximum atomic E-state index is 13.5. The molecule has 0 radical (unpaired) electrons. The Morgan fingerprint density at radius 3 is 1.40 bits per heavy atom. The molecule has 2 N–H and O–H groups in total. The van der Waals surface area contributed by atoms with Gasteiger partial charge in [0.1, 0.15) is 19.3 Å². The van der Waals surface area contributed by atoms with Crippen molar-refractivity contribution in [3.63, 3.8) is 0 Å². The van der Waals surface area contributed by atoms with E-state index in [1.54, 1.807) is 0 Å². The Bertz CT molecular complexity index is 1520. The third-order valence-electron chi connectivity index (χ3n) is 11.8. The lowest BCUT2D eigenvalue weighted by Crippen LogP contribution is -2.47. The topological polar surface area (TPSA) is 111 Å². The monoisotopic (exact) mass is 998 g/mol. The van der Waals surface area contributed by atoms with Crippen molar-refractivity contribution in [3.8, 4) is 0 Å². The van der Waals surface area contributed by atoms with E-state index in [-0.39, 0.29) is 37.9 Å². The average molecular weight is 998 g/mol. The molecule has 0 aromatic carbocycles. The van der Waals surface area contributed by atoms with Crippen LogP contribution in [0.4, 0.5) is 0 Å². The Kier molecular flexibility index (Phi) is 47.3. The zero-order valence-corrected chi connectivity index (χ0v) is 46.6. The van der Waals surface area contributed by atoms with Gasteiger partial charge in [0.15, 0.2) is 0 Å². The summed E-state index contributed by atoms with van der Waals surface area (Å²) in [6.07, 6.45) is 65.5. The fraction of sp³-hybridized carbons (Fsp3) is 0.700. The number of hydrogen-bond acceptors (Lipinski definition) is 6. The Morgan fingerprint density at radius 1 is 0.514 bits per heavy atom. The van der Waals surface area contributed by atoms with Crippen molar-refractivity contribution >= 4 is 19.7 Å². The number of phosphoric ester groups is 1. The largest absolute Gasteiger partial charge is 0.472 e. The molecule has 3 atom stereocenters. The van der Waals surface area contributed by atoms with Crippen LogP contribution >= 0.6 is 7.82 Å². The van der Waals surface area contributed by atoms with Crippen molar-refractivity contribution in [1.29, 1.82) is 0 Å². The first kappa shape index (κ1) is 66.9. The number of amides is 1. The van der Waals surface area contributed by atoms with E-state index in [2.05, 4.69) is 111 Å². The predicted octanol–water partition coefficient (Wildman–Crippen LogP) is 16.8. The number of phosphoric acid groups is 1. The number of likely N-dealkylation sites (N-methyl/N-ethyl adjacent to an activating group) is 1. The molecule has 0 fully saturated rings. The summed E-state index contributed by atoms with van der Waals surface area (Å²) in [5.41, 5.74) is 0. The SMILES string of the molecule is CC/C=C\C/C=C\C/C=C\C/C=C\C/C=C\CCCC(=O)NC(COP(=O)(O)OCC[N+](C)(C)C)C(/C=C/CCCCCCCCCCCCC)OC(=O)CCCCCCCCC/C=C/C/C=C/CC. The van der Waals surface area contributed by atoms with Gasteiger partial charge in [-0.05, 0) is 96.0 Å². The molecule has 0 heterocycles. The molecule has 0 aliphatic heterocycles. The second-order valence-electron chi connectivity index (χ2n) is 19.7. The molecule has 0 spiro atoms. The molecule has 0 bridgehead atoms. The number of hydrogen-bond donors (Lipinski definition) is 2. The number of esters is 1. The lowest BCUT2D eigenvalue weighted by Gasteiger charge is -2.27. The fourth-order valence-corrected chi connectivity index (χ4v) is 8.22. The van der Waals surface area contributed by atoms with Gasteiger partial charge in [-0.2, -0.15) is 0 Å². The normalized spacial score (nSPS) is 14.6. The van der Waals surface area contributed by atoms with Gasteiger partial charge in [-0.1, -0.05) is 208 Å². The molecule has 0 aliphatic rings. The van der Waals surface area contributed by atoms with Gasteiger partial charge in [0, 0.05) is 12.8 Å². The van der Waals surface area contributed by atoms with Gasteiger partial charge in [-0.3, -0.25) is 18.6 Å². The van der Waals surface area contributed by atoms with E-state index in [1.807, 2.05) is 33.3 Å². The van der Waals surface area contributed by atoms with Gasteiger partial charge < -0.3 is 19.4 Å². The van der Waals surface area contributed by atoms with Crippen LogP contribution in [0.1, 0.15) is 220 Å². The molecule has 0 saturated heterocycles. The molecule has 0 aromatic heterocycles. The van der Waals surface area contributed by atoms with Crippen LogP contribution in [0.5, 0.6) is 0 Å². The summed E-state index contributed by atoms with van der Waals surface area (Å²) >= 11 is 0. The van der Waals surface area contributed by atoms with Gasteiger partial charge in [0.25, 0.3) is 0 Å². The van der Waals surface area contributed by atoms with Crippen LogP contribution < -0.4 is 5.32 Å². The number of nitrogens with one attached hydrogen (secondary N) is 1. The summed E-state index contributed by atoms with van der Waals surface area (Å²) in [5, 5.41) is 3.01. The maximum absolute atomic E-state index is 13.5. The fourth-order valence-electron chi connectivity index (χ4n) is 7.48. The van der Waals surface area contributed by atoms with Crippen LogP contribution in [-0.4, -0.2) is 74.3 Å². The summed E-state index contributed by atoms with van der Waals surface area (Å²) in [7, 11) is 1.44. The number of carbonyl (C=O) groups is 2. The van der Waals surface area contributed by atoms with Crippen molar-refractivity contribution in [2.24, 2.45) is 0 Å². The minimum Gasteiger partial charge on any atom is -0.456 e. The quantitative estimate of drug-likeness (QED) is 0.0205. The maximum Gasteiger partial charge on any atom is 0.472 e. The van der Waals surface area contributed by atoms with E-state index in [0.717, 1.165) is 103 Å². The Labute approximate surface area is 430 Å². The standard InChI is InChI=1S/C60H105N2O7P/c1-7-10-13-16-19-22-25-28-30-31-32-34-37-40-43-46-49-52-59(63)61-57(56-68-70(65,66)67-55-54-62(4,5)6)58(51-48-45-42-39-36-33-27-24-21-18-15-12-9-3)69-60(64)53-50-47-44-41-38-35-29-26-23-20-17-14-11-8-2/h10-11,13-14,19-20,22-23,28,30,32,34,40,43,48,51,57-58H,7-9,12,15-18,21,24-27,29,31,33,35-39,41-42,44-47,49-50,52-56H2,1-6H3,(H-,61,63,65,66)/p+1/b13-10-,14-11+,22-19-,23-20+,30-28-,34-32-,43-40-,51-48+. The van der Waals surface area contributed by atoms with Crippen molar-refractivity contribution in [2.75, 3.05) is 40.9 Å². The average Bonchev–Trinajstić information content (AvgIpc) is 3.32. The van der Waals surface area contributed by atoms with Gasteiger partial charge in [0.05, 0.1) is 33.8 Å².